The van der Waals surface area contributed by atoms with Gasteiger partial charge in [-0.25, -0.2) is 19.1 Å². The number of nitrogens with one attached hydrogen (secondary N) is 1. The van der Waals surface area contributed by atoms with Crippen LogP contribution in [0.4, 0.5) is 4.39 Å². The lowest BCUT2D eigenvalue weighted by atomic mass is 10.1. The van der Waals surface area contributed by atoms with Crippen LogP contribution in [0.1, 0.15) is 36.8 Å². The Labute approximate surface area is 216 Å². The molecule has 198 valence electrons. The van der Waals surface area contributed by atoms with Gasteiger partial charge in [-0.1, -0.05) is 19.9 Å². The molecule has 0 bridgehead atoms. The molecule has 0 saturated carbocycles. The van der Waals surface area contributed by atoms with E-state index in [1.165, 1.54) is 43.5 Å². The summed E-state index contributed by atoms with van der Waals surface area (Å²) in [4.78, 5) is 21.4. The highest BCUT2D eigenvalue weighted by molar-refractivity contribution is 7.90. The third-order valence-electron chi connectivity index (χ3n) is 5.08. The fourth-order valence-corrected chi connectivity index (χ4v) is 4.08. The highest BCUT2D eigenvalue weighted by Gasteiger charge is 2.24. The van der Waals surface area contributed by atoms with Gasteiger partial charge in [-0.05, 0) is 56.2 Å². The van der Waals surface area contributed by atoms with Crippen LogP contribution in [0.15, 0.2) is 53.6 Å². The molecule has 0 radical (unpaired) electrons. The summed E-state index contributed by atoms with van der Waals surface area (Å²) in [5.41, 5.74) is 1.04. The number of ether oxygens (including phenoxy) is 3. The predicted octanol–water partition coefficient (Wildman–Crippen LogP) is 4.16. The van der Waals surface area contributed by atoms with Gasteiger partial charge >= 0.3 is 0 Å². The van der Waals surface area contributed by atoms with Crippen molar-refractivity contribution >= 4 is 15.9 Å². The number of carbonyl (C=O) groups is 1. The van der Waals surface area contributed by atoms with Crippen LogP contribution < -0.4 is 14.2 Å². The maximum absolute atomic E-state index is 14.3. The van der Waals surface area contributed by atoms with Gasteiger partial charge in [0.1, 0.15) is 23.7 Å². The smallest absolute Gasteiger partial charge is 0.281 e. The number of carbonyl (C=O) groups excluding carboxylic acids is 1. The lowest BCUT2D eigenvalue weighted by Gasteiger charge is -2.15. The van der Waals surface area contributed by atoms with Crippen LogP contribution in [0.5, 0.6) is 11.6 Å². The van der Waals surface area contributed by atoms with Crippen LogP contribution in [0, 0.1) is 18.7 Å². The van der Waals surface area contributed by atoms with E-state index in [0.717, 1.165) is 0 Å². The number of aryl methyl sites for hydroxylation is 1. The van der Waals surface area contributed by atoms with E-state index in [0.29, 0.717) is 29.3 Å². The topological polar surface area (TPSA) is 117 Å². The second kappa shape index (κ2) is 12.1. The Bertz CT molecular complexity index is 1360. The quantitative estimate of drug-likeness (QED) is 0.392. The van der Waals surface area contributed by atoms with E-state index >= 15 is 0 Å². The van der Waals surface area contributed by atoms with E-state index in [-0.39, 0.29) is 35.1 Å². The standard InChI is InChI=1S/C26H30FN3O6S/c1-16(2)14-35-21-12-19(11-20(27)13-21)23-10-9-22(26(29-23)36-15-18(4)34-5)25(31)30-37(32,33)24-8-6-7-17(3)28-24/h6-13,16,18H,14-15H2,1-5H3,(H,30,31)/t18-/m0/s1. The summed E-state index contributed by atoms with van der Waals surface area (Å²) >= 11 is 0. The van der Waals surface area contributed by atoms with Crippen LogP contribution in [0.3, 0.4) is 0 Å². The van der Waals surface area contributed by atoms with Gasteiger partial charge in [0.2, 0.25) is 5.88 Å². The number of nitrogens with zero attached hydrogens (tertiary/aromatic N) is 2. The molecule has 2 heterocycles. The van der Waals surface area contributed by atoms with E-state index in [1.54, 1.807) is 26.0 Å². The van der Waals surface area contributed by atoms with Crippen molar-refractivity contribution in [2.24, 2.45) is 5.92 Å². The number of rotatable bonds is 11. The fraction of sp³-hybridized carbons (Fsp3) is 0.346. The Morgan fingerprint density at radius 2 is 1.78 bits per heavy atom. The van der Waals surface area contributed by atoms with Crippen molar-refractivity contribution in [1.29, 1.82) is 0 Å². The first kappa shape index (κ1) is 28.0. The van der Waals surface area contributed by atoms with Crippen molar-refractivity contribution in [2.45, 2.75) is 38.8 Å². The summed E-state index contributed by atoms with van der Waals surface area (Å²) in [6.45, 7) is 7.78. The van der Waals surface area contributed by atoms with Gasteiger partial charge in [0.25, 0.3) is 15.9 Å². The van der Waals surface area contributed by atoms with Gasteiger partial charge in [0.05, 0.1) is 18.4 Å². The molecule has 0 fully saturated rings. The van der Waals surface area contributed by atoms with E-state index in [1.807, 2.05) is 18.6 Å². The first-order valence-electron chi connectivity index (χ1n) is 11.6. The molecule has 3 aromatic rings. The minimum atomic E-state index is -4.25. The van der Waals surface area contributed by atoms with Gasteiger partial charge in [-0.3, -0.25) is 4.79 Å². The van der Waals surface area contributed by atoms with Crippen LogP contribution >= 0.6 is 0 Å². The summed E-state index contributed by atoms with van der Waals surface area (Å²) in [7, 11) is -2.76. The van der Waals surface area contributed by atoms with Gasteiger partial charge in [0, 0.05) is 24.4 Å². The highest BCUT2D eigenvalue weighted by Crippen LogP contribution is 2.28. The van der Waals surface area contributed by atoms with Crippen molar-refractivity contribution in [3.63, 3.8) is 0 Å². The van der Waals surface area contributed by atoms with Crippen molar-refractivity contribution in [3.05, 3.63) is 65.6 Å². The molecule has 0 aliphatic carbocycles. The number of amides is 1. The molecule has 1 N–H and O–H groups in total. The number of halogens is 1. The normalized spacial score (nSPS) is 12.3. The van der Waals surface area contributed by atoms with E-state index in [2.05, 4.69) is 9.97 Å². The zero-order valence-electron chi connectivity index (χ0n) is 21.3. The van der Waals surface area contributed by atoms with Crippen molar-refractivity contribution in [2.75, 3.05) is 20.3 Å². The Balaban J connectivity index is 1.96. The fourth-order valence-electron chi connectivity index (χ4n) is 3.10. The zero-order chi connectivity index (χ0) is 27.2. The van der Waals surface area contributed by atoms with Crippen molar-refractivity contribution in [1.82, 2.24) is 14.7 Å². The summed E-state index contributed by atoms with van der Waals surface area (Å²) in [6, 6.07) is 11.5. The summed E-state index contributed by atoms with van der Waals surface area (Å²) in [6.07, 6.45) is -0.341. The molecule has 0 aliphatic rings. The molecule has 0 unspecified atom stereocenters. The Morgan fingerprint density at radius 3 is 2.46 bits per heavy atom. The van der Waals surface area contributed by atoms with Crippen LogP contribution in [0.2, 0.25) is 0 Å². The highest BCUT2D eigenvalue weighted by atomic mass is 32.2. The van der Waals surface area contributed by atoms with Crippen LogP contribution in [-0.4, -0.2) is 50.7 Å². The largest absolute Gasteiger partial charge is 0.493 e. The number of benzene rings is 1. The van der Waals surface area contributed by atoms with Gasteiger partial charge < -0.3 is 14.2 Å². The number of hydrogen-bond acceptors (Lipinski definition) is 8. The number of aromatic nitrogens is 2. The monoisotopic (exact) mass is 531 g/mol. The maximum Gasteiger partial charge on any atom is 0.281 e. The third kappa shape index (κ3) is 7.70. The average molecular weight is 532 g/mol. The SMILES string of the molecule is CO[C@@H](C)COc1nc(-c2cc(F)cc(OCC(C)C)c2)ccc1C(=O)NS(=O)(=O)c1cccc(C)n1. The lowest BCUT2D eigenvalue weighted by molar-refractivity contribution is 0.0690. The molecular weight excluding hydrogens is 501 g/mol. The molecular formula is C26H30FN3O6S. The first-order valence-corrected chi connectivity index (χ1v) is 13.1. The van der Waals surface area contributed by atoms with Crippen molar-refractivity contribution in [3.8, 4) is 22.9 Å². The van der Waals surface area contributed by atoms with Crippen molar-refractivity contribution < 1.29 is 31.8 Å². The molecule has 9 nitrogen and oxygen atoms in total. The number of sulfonamides is 1. The molecule has 37 heavy (non-hydrogen) atoms. The van der Waals surface area contributed by atoms with Gasteiger partial charge in [-0.15, -0.1) is 0 Å². The first-order chi connectivity index (χ1) is 17.5. The molecule has 0 aliphatic heterocycles. The second-order valence-corrected chi connectivity index (χ2v) is 10.5. The number of hydrogen-bond donors (Lipinski definition) is 1. The summed E-state index contributed by atoms with van der Waals surface area (Å²) in [5, 5.41) is -0.297. The Hall–Kier alpha value is -3.57. The van der Waals surface area contributed by atoms with Gasteiger partial charge in [-0.2, -0.15) is 8.42 Å². The lowest BCUT2D eigenvalue weighted by Crippen LogP contribution is -2.32. The number of pyridine rings is 2. The van der Waals surface area contributed by atoms with E-state index in [9.17, 15) is 17.6 Å². The second-order valence-electron chi connectivity index (χ2n) is 8.84. The molecule has 1 amide bonds. The molecule has 0 spiro atoms. The van der Waals surface area contributed by atoms with Gasteiger partial charge in [0.15, 0.2) is 5.03 Å². The molecule has 2 aromatic heterocycles. The van der Waals surface area contributed by atoms with Crippen LogP contribution in [-0.2, 0) is 14.8 Å². The molecule has 0 saturated heterocycles. The third-order valence-corrected chi connectivity index (χ3v) is 6.31. The minimum absolute atomic E-state index is 0.0331. The minimum Gasteiger partial charge on any atom is -0.493 e. The molecule has 11 heteroatoms. The van der Waals surface area contributed by atoms with Crippen LogP contribution in [0.25, 0.3) is 11.3 Å². The maximum atomic E-state index is 14.3. The summed E-state index contributed by atoms with van der Waals surface area (Å²) < 4.78 is 58.4. The van der Waals surface area contributed by atoms with E-state index < -0.39 is 21.7 Å². The molecule has 3 rings (SSSR count). The average Bonchev–Trinajstić information content (AvgIpc) is 2.85. The number of methoxy groups -OCH3 is 1. The zero-order valence-corrected chi connectivity index (χ0v) is 22.1. The summed E-state index contributed by atoms with van der Waals surface area (Å²) in [5.74, 6) is -1.04. The molecule has 1 atom stereocenters. The Kier molecular flexibility index (Phi) is 9.17. The van der Waals surface area contributed by atoms with E-state index in [4.69, 9.17) is 14.2 Å². The Morgan fingerprint density at radius 1 is 1.03 bits per heavy atom. The molecule has 1 aromatic carbocycles. The predicted molar refractivity (Wildman–Crippen MR) is 136 cm³/mol.